The molecule has 2 N–H and O–H groups in total. The monoisotopic (exact) mass is 374 g/mol. The number of halogens is 1. The van der Waals surface area contributed by atoms with Crippen molar-refractivity contribution in [1.29, 1.82) is 0 Å². The molecule has 2 aromatic carbocycles. The molecule has 0 bridgehead atoms. The van der Waals surface area contributed by atoms with Crippen LogP contribution in [0.4, 0.5) is 0 Å². The van der Waals surface area contributed by atoms with Gasteiger partial charge in [0.1, 0.15) is 5.75 Å². The predicted molar refractivity (Wildman–Crippen MR) is 107 cm³/mol. The van der Waals surface area contributed by atoms with Gasteiger partial charge in [0.2, 0.25) is 0 Å². The molecule has 0 aromatic heterocycles. The molecule has 0 fully saturated rings. The van der Waals surface area contributed by atoms with Crippen LogP contribution in [0.15, 0.2) is 48.5 Å². The lowest BCUT2D eigenvalue weighted by Gasteiger charge is -2.20. The zero-order valence-electron chi connectivity index (χ0n) is 15.6. The van der Waals surface area contributed by atoms with Crippen molar-refractivity contribution in [2.75, 3.05) is 13.2 Å². The largest absolute Gasteiger partial charge is 0.484 e. The average molecular weight is 375 g/mol. The molecule has 0 heterocycles. The van der Waals surface area contributed by atoms with E-state index in [4.69, 9.17) is 16.3 Å². The Labute approximate surface area is 160 Å². The van der Waals surface area contributed by atoms with Crippen molar-refractivity contribution in [1.82, 2.24) is 10.6 Å². The Kier molecular flexibility index (Phi) is 7.49. The Morgan fingerprint density at radius 2 is 1.62 bits per heavy atom. The molecule has 0 aliphatic rings. The van der Waals surface area contributed by atoms with Crippen molar-refractivity contribution in [3.8, 4) is 5.75 Å². The molecule has 1 amide bonds. The number of carbonyl (C=O) groups excluding carboxylic acids is 1. The molecule has 0 aliphatic carbocycles. The maximum Gasteiger partial charge on any atom is 0.258 e. The fourth-order valence-corrected chi connectivity index (χ4v) is 2.55. The lowest BCUT2D eigenvalue weighted by atomic mass is 10.1. The number of hydrogen-bond acceptors (Lipinski definition) is 3. The van der Waals surface area contributed by atoms with E-state index in [0.717, 1.165) is 24.5 Å². The first kappa shape index (κ1) is 20.3. The summed E-state index contributed by atoms with van der Waals surface area (Å²) >= 11 is 5.89. The molecule has 0 radical (unpaired) electrons. The molecule has 0 saturated carbocycles. The van der Waals surface area contributed by atoms with Crippen LogP contribution in [0.2, 0.25) is 5.02 Å². The fraction of sp³-hybridized carbons (Fsp3) is 0.381. The van der Waals surface area contributed by atoms with Crippen LogP contribution >= 0.6 is 11.6 Å². The lowest BCUT2D eigenvalue weighted by Crippen LogP contribution is -2.43. The number of benzene rings is 2. The standard InChI is InChI=1S/C21H27ClN2O2/c1-21(2,3)24-20(25)15-26-19-10-6-17(7-11-19)14-23-13-12-16-4-8-18(22)9-5-16/h4-11,23H,12-15H2,1-3H3,(H,24,25). The number of hydrogen-bond donors (Lipinski definition) is 2. The molecule has 5 heteroatoms. The zero-order valence-corrected chi connectivity index (χ0v) is 16.4. The summed E-state index contributed by atoms with van der Waals surface area (Å²) < 4.78 is 5.52. The van der Waals surface area contributed by atoms with Gasteiger partial charge < -0.3 is 15.4 Å². The van der Waals surface area contributed by atoms with Crippen LogP contribution in [0.5, 0.6) is 5.75 Å². The summed E-state index contributed by atoms with van der Waals surface area (Å²) in [7, 11) is 0. The highest BCUT2D eigenvalue weighted by Gasteiger charge is 2.13. The van der Waals surface area contributed by atoms with Crippen LogP contribution in [0.25, 0.3) is 0 Å². The van der Waals surface area contributed by atoms with E-state index in [2.05, 4.69) is 10.6 Å². The average Bonchev–Trinajstić information content (AvgIpc) is 2.58. The van der Waals surface area contributed by atoms with Gasteiger partial charge in [-0.15, -0.1) is 0 Å². The molecular formula is C21H27ClN2O2. The highest BCUT2D eigenvalue weighted by atomic mass is 35.5. The molecule has 4 nitrogen and oxygen atoms in total. The second-order valence-corrected chi connectivity index (χ2v) is 7.72. The predicted octanol–water partition coefficient (Wildman–Crippen LogP) is 3.97. The van der Waals surface area contributed by atoms with E-state index in [1.807, 2.05) is 69.3 Å². The van der Waals surface area contributed by atoms with Crippen LogP contribution in [0.1, 0.15) is 31.9 Å². The number of rotatable bonds is 8. The molecule has 0 aliphatic heterocycles. The Morgan fingerprint density at radius 3 is 2.23 bits per heavy atom. The highest BCUT2D eigenvalue weighted by molar-refractivity contribution is 6.30. The van der Waals surface area contributed by atoms with Crippen molar-refractivity contribution in [3.63, 3.8) is 0 Å². The maximum absolute atomic E-state index is 11.8. The van der Waals surface area contributed by atoms with Crippen molar-refractivity contribution >= 4 is 17.5 Å². The Balaban J connectivity index is 1.68. The van der Waals surface area contributed by atoms with E-state index < -0.39 is 0 Å². The van der Waals surface area contributed by atoms with Gasteiger partial charge in [0, 0.05) is 17.1 Å². The summed E-state index contributed by atoms with van der Waals surface area (Å²) in [4.78, 5) is 11.8. The third-order valence-electron chi connectivity index (χ3n) is 3.64. The summed E-state index contributed by atoms with van der Waals surface area (Å²) in [5, 5.41) is 7.06. The zero-order chi connectivity index (χ0) is 19.0. The highest BCUT2D eigenvalue weighted by Crippen LogP contribution is 2.13. The van der Waals surface area contributed by atoms with Crippen molar-refractivity contribution in [2.24, 2.45) is 0 Å². The topological polar surface area (TPSA) is 50.4 Å². The van der Waals surface area contributed by atoms with Crippen LogP contribution in [0.3, 0.4) is 0 Å². The quantitative estimate of drug-likeness (QED) is 0.687. The van der Waals surface area contributed by atoms with E-state index >= 15 is 0 Å². The first-order chi connectivity index (χ1) is 12.3. The summed E-state index contributed by atoms with van der Waals surface area (Å²) in [5.74, 6) is 0.574. The molecular weight excluding hydrogens is 348 g/mol. The third kappa shape index (κ3) is 7.89. The lowest BCUT2D eigenvalue weighted by molar-refractivity contribution is -0.124. The molecule has 2 rings (SSSR count). The van der Waals surface area contributed by atoms with Gasteiger partial charge >= 0.3 is 0 Å². The van der Waals surface area contributed by atoms with Gasteiger partial charge in [-0.2, -0.15) is 0 Å². The van der Waals surface area contributed by atoms with Crippen molar-refractivity contribution < 1.29 is 9.53 Å². The molecule has 26 heavy (non-hydrogen) atoms. The van der Waals surface area contributed by atoms with Gasteiger partial charge in [0.25, 0.3) is 5.91 Å². The van der Waals surface area contributed by atoms with Gasteiger partial charge in [-0.05, 0) is 69.1 Å². The van der Waals surface area contributed by atoms with Crippen LogP contribution < -0.4 is 15.4 Å². The number of amides is 1. The minimum atomic E-state index is -0.248. The van der Waals surface area contributed by atoms with Crippen molar-refractivity contribution in [2.45, 2.75) is 39.3 Å². The minimum Gasteiger partial charge on any atom is -0.484 e. The van der Waals surface area contributed by atoms with E-state index in [1.54, 1.807) is 0 Å². The Morgan fingerprint density at radius 1 is 1.00 bits per heavy atom. The first-order valence-electron chi connectivity index (χ1n) is 8.80. The minimum absolute atomic E-state index is 0.0238. The van der Waals surface area contributed by atoms with Gasteiger partial charge in [-0.25, -0.2) is 0 Å². The van der Waals surface area contributed by atoms with Gasteiger partial charge in [-0.3, -0.25) is 4.79 Å². The summed E-state index contributed by atoms with van der Waals surface area (Å²) in [6.45, 7) is 7.54. The SMILES string of the molecule is CC(C)(C)NC(=O)COc1ccc(CNCCc2ccc(Cl)cc2)cc1. The van der Waals surface area contributed by atoms with Crippen molar-refractivity contribution in [3.05, 3.63) is 64.7 Å². The number of ether oxygens (including phenoxy) is 1. The molecule has 0 atom stereocenters. The van der Waals surface area contributed by atoms with Gasteiger partial charge in [0.15, 0.2) is 6.61 Å². The smallest absolute Gasteiger partial charge is 0.258 e. The van der Waals surface area contributed by atoms with E-state index in [1.165, 1.54) is 11.1 Å². The summed E-state index contributed by atoms with van der Waals surface area (Å²) in [5.41, 5.74) is 2.19. The fourth-order valence-electron chi connectivity index (χ4n) is 2.42. The summed E-state index contributed by atoms with van der Waals surface area (Å²) in [6, 6.07) is 15.7. The number of nitrogens with one attached hydrogen (secondary N) is 2. The van der Waals surface area contributed by atoms with E-state index in [9.17, 15) is 4.79 Å². The normalized spacial score (nSPS) is 11.2. The second kappa shape index (κ2) is 9.60. The van der Waals surface area contributed by atoms with E-state index in [0.29, 0.717) is 5.75 Å². The Hall–Kier alpha value is -2.04. The van der Waals surface area contributed by atoms with Gasteiger partial charge in [-0.1, -0.05) is 35.9 Å². The van der Waals surface area contributed by atoms with E-state index in [-0.39, 0.29) is 18.1 Å². The molecule has 0 spiro atoms. The molecule has 0 saturated heterocycles. The van der Waals surface area contributed by atoms with Crippen LogP contribution in [-0.2, 0) is 17.8 Å². The molecule has 0 unspecified atom stereocenters. The summed E-state index contributed by atoms with van der Waals surface area (Å²) in [6.07, 6.45) is 0.960. The third-order valence-corrected chi connectivity index (χ3v) is 3.89. The first-order valence-corrected chi connectivity index (χ1v) is 9.17. The Bertz CT molecular complexity index is 691. The second-order valence-electron chi connectivity index (χ2n) is 7.28. The van der Waals surface area contributed by atoms with Crippen LogP contribution in [0, 0.1) is 0 Å². The number of carbonyl (C=O) groups is 1. The van der Waals surface area contributed by atoms with Gasteiger partial charge in [0.05, 0.1) is 0 Å². The molecule has 2 aromatic rings. The maximum atomic E-state index is 11.8. The van der Waals surface area contributed by atoms with Crippen LogP contribution in [-0.4, -0.2) is 24.6 Å². The molecule has 140 valence electrons.